The Morgan fingerprint density at radius 1 is 1.13 bits per heavy atom. The van der Waals surface area contributed by atoms with Crippen LogP contribution < -0.4 is 4.74 Å². The summed E-state index contributed by atoms with van der Waals surface area (Å²) >= 11 is 3.37. The second-order valence-corrected chi connectivity index (χ2v) is 7.57. The number of hydrogen-bond acceptors (Lipinski definition) is 5. The van der Waals surface area contributed by atoms with Crippen LogP contribution in [0.4, 0.5) is 0 Å². The van der Waals surface area contributed by atoms with Crippen molar-refractivity contribution in [2.45, 2.75) is 13.8 Å². The van der Waals surface area contributed by atoms with Crippen molar-refractivity contribution in [2.75, 3.05) is 7.11 Å². The number of hydrogen-bond donors (Lipinski definition) is 0. The van der Waals surface area contributed by atoms with Crippen LogP contribution in [0.1, 0.15) is 21.3 Å². The van der Waals surface area contributed by atoms with Crippen molar-refractivity contribution >= 4 is 50.0 Å². The highest BCUT2D eigenvalue weighted by molar-refractivity contribution is 7.19. The Kier molecular flexibility index (Phi) is 3.43. The number of aromatic nitrogens is 3. The average Bonchev–Trinajstić information content (AvgIpc) is 3.16. The third kappa shape index (κ3) is 2.54. The number of imidazole rings is 1. The molecular formula is C17H15N3OS2. The summed E-state index contributed by atoms with van der Waals surface area (Å²) < 4.78 is 8.54. The summed E-state index contributed by atoms with van der Waals surface area (Å²) in [5.74, 6) is 0.860. The first kappa shape index (κ1) is 14.4. The van der Waals surface area contributed by atoms with Gasteiger partial charge in [0.25, 0.3) is 0 Å². The number of rotatable bonds is 3. The van der Waals surface area contributed by atoms with Gasteiger partial charge in [0.15, 0.2) is 4.96 Å². The van der Waals surface area contributed by atoms with Gasteiger partial charge in [-0.15, -0.1) is 22.7 Å². The van der Waals surface area contributed by atoms with E-state index in [1.807, 2.05) is 25.1 Å². The minimum atomic E-state index is 0.860. The van der Waals surface area contributed by atoms with E-state index in [1.54, 1.807) is 29.8 Å². The van der Waals surface area contributed by atoms with Gasteiger partial charge in [-0.05, 0) is 44.2 Å². The van der Waals surface area contributed by atoms with E-state index in [4.69, 9.17) is 4.74 Å². The van der Waals surface area contributed by atoms with E-state index in [9.17, 15) is 0 Å². The minimum Gasteiger partial charge on any atom is -0.497 e. The molecule has 0 atom stereocenters. The fourth-order valence-corrected chi connectivity index (χ4v) is 4.33. The zero-order valence-corrected chi connectivity index (χ0v) is 14.7. The molecule has 116 valence electrons. The highest BCUT2D eigenvalue weighted by Gasteiger charge is 2.09. The van der Waals surface area contributed by atoms with Gasteiger partial charge in [0, 0.05) is 11.1 Å². The third-order valence-corrected chi connectivity index (χ3v) is 5.54. The highest BCUT2D eigenvalue weighted by Crippen LogP contribution is 2.28. The lowest BCUT2D eigenvalue weighted by molar-refractivity contribution is 0.415. The molecule has 4 rings (SSSR count). The summed E-state index contributed by atoms with van der Waals surface area (Å²) in [4.78, 5) is 11.6. The standard InChI is InChI=1S/C17H15N3OS2/c1-10-9-20-14(11(2)18-17(20)22-10)6-7-16-19-13-5-4-12(21-3)8-15(13)23-16/h4-9H,1-3H3/b7-6+. The van der Waals surface area contributed by atoms with E-state index in [-0.39, 0.29) is 0 Å². The fraction of sp³-hybridized carbons (Fsp3) is 0.176. The van der Waals surface area contributed by atoms with E-state index in [1.165, 1.54) is 4.88 Å². The summed E-state index contributed by atoms with van der Waals surface area (Å²) in [6.07, 6.45) is 6.28. The second kappa shape index (κ2) is 5.47. The zero-order chi connectivity index (χ0) is 16.0. The largest absolute Gasteiger partial charge is 0.497 e. The summed E-state index contributed by atoms with van der Waals surface area (Å²) in [5.41, 5.74) is 3.15. The molecule has 4 nitrogen and oxygen atoms in total. The molecule has 0 amide bonds. The van der Waals surface area contributed by atoms with E-state index in [0.717, 1.165) is 37.3 Å². The van der Waals surface area contributed by atoms with Gasteiger partial charge in [-0.2, -0.15) is 0 Å². The van der Waals surface area contributed by atoms with Gasteiger partial charge < -0.3 is 4.74 Å². The van der Waals surface area contributed by atoms with Crippen molar-refractivity contribution in [3.05, 3.63) is 45.7 Å². The van der Waals surface area contributed by atoms with Gasteiger partial charge in [-0.25, -0.2) is 9.97 Å². The third-order valence-electron chi connectivity index (χ3n) is 3.66. The van der Waals surface area contributed by atoms with Crippen LogP contribution in [0, 0.1) is 13.8 Å². The number of ether oxygens (including phenoxy) is 1. The molecule has 6 heteroatoms. The number of methoxy groups -OCH3 is 1. The summed E-state index contributed by atoms with van der Waals surface area (Å²) in [7, 11) is 1.68. The van der Waals surface area contributed by atoms with E-state index < -0.39 is 0 Å². The van der Waals surface area contributed by atoms with Crippen LogP contribution in [-0.2, 0) is 0 Å². The van der Waals surface area contributed by atoms with Crippen LogP contribution in [0.25, 0.3) is 27.3 Å². The Labute approximate surface area is 141 Å². The van der Waals surface area contributed by atoms with Gasteiger partial charge in [0.1, 0.15) is 10.8 Å². The Hall–Kier alpha value is -2.18. The van der Waals surface area contributed by atoms with Crippen LogP contribution in [0.15, 0.2) is 24.4 Å². The predicted molar refractivity (Wildman–Crippen MR) is 97.6 cm³/mol. The lowest BCUT2D eigenvalue weighted by atomic mass is 10.3. The van der Waals surface area contributed by atoms with E-state index in [2.05, 4.69) is 39.6 Å². The van der Waals surface area contributed by atoms with Gasteiger partial charge in [-0.3, -0.25) is 4.40 Å². The first-order chi connectivity index (χ1) is 11.1. The molecule has 23 heavy (non-hydrogen) atoms. The Morgan fingerprint density at radius 3 is 2.83 bits per heavy atom. The Morgan fingerprint density at radius 2 is 2.00 bits per heavy atom. The molecule has 0 bridgehead atoms. The molecule has 1 aromatic carbocycles. The van der Waals surface area contributed by atoms with Crippen LogP contribution >= 0.6 is 22.7 Å². The summed E-state index contributed by atoms with van der Waals surface area (Å²) in [6.45, 7) is 4.14. The van der Waals surface area contributed by atoms with Crippen LogP contribution in [0.2, 0.25) is 0 Å². The summed E-state index contributed by atoms with van der Waals surface area (Å²) in [6, 6.07) is 5.95. The molecule has 0 aliphatic rings. The highest BCUT2D eigenvalue weighted by atomic mass is 32.1. The average molecular weight is 341 g/mol. The maximum absolute atomic E-state index is 5.27. The molecule has 3 heterocycles. The number of nitrogens with zero attached hydrogens (tertiary/aromatic N) is 3. The molecule has 3 aromatic heterocycles. The molecule has 0 spiro atoms. The SMILES string of the molecule is COc1ccc2nc(/C=C/c3c(C)nc4sc(C)cn34)sc2c1. The number of aryl methyl sites for hydroxylation is 2. The molecule has 4 aromatic rings. The van der Waals surface area contributed by atoms with E-state index >= 15 is 0 Å². The molecular weight excluding hydrogens is 326 g/mol. The molecule has 0 saturated carbocycles. The Bertz CT molecular complexity index is 1040. The number of thiazole rings is 2. The first-order valence-corrected chi connectivity index (χ1v) is 8.85. The lowest BCUT2D eigenvalue weighted by Crippen LogP contribution is -1.83. The minimum absolute atomic E-state index is 0.860. The van der Waals surface area contributed by atoms with Crippen molar-refractivity contribution in [3.8, 4) is 5.75 Å². The van der Waals surface area contributed by atoms with Gasteiger partial charge in [-0.1, -0.05) is 0 Å². The molecule has 0 unspecified atom stereocenters. The smallest absolute Gasteiger partial charge is 0.194 e. The monoisotopic (exact) mass is 341 g/mol. The van der Waals surface area contributed by atoms with Crippen molar-refractivity contribution in [2.24, 2.45) is 0 Å². The van der Waals surface area contributed by atoms with Gasteiger partial charge in [0.2, 0.25) is 0 Å². The zero-order valence-electron chi connectivity index (χ0n) is 13.0. The van der Waals surface area contributed by atoms with Gasteiger partial charge in [0.05, 0.1) is 28.7 Å². The topological polar surface area (TPSA) is 39.4 Å². The summed E-state index contributed by atoms with van der Waals surface area (Å²) in [5, 5.41) is 0.981. The number of fused-ring (bicyclic) bond motifs is 2. The van der Waals surface area contributed by atoms with Crippen molar-refractivity contribution in [1.29, 1.82) is 0 Å². The molecule has 0 aliphatic carbocycles. The molecule has 0 saturated heterocycles. The van der Waals surface area contributed by atoms with Crippen LogP contribution in [-0.4, -0.2) is 21.5 Å². The fourth-order valence-electron chi connectivity index (χ4n) is 2.55. The first-order valence-electron chi connectivity index (χ1n) is 7.22. The van der Waals surface area contributed by atoms with Crippen molar-refractivity contribution in [1.82, 2.24) is 14.4 Å². The van der Waals surface area contributed by atoms with Gasteiger partial charge >= 0.3 is 0 Å². The quantitative estimate of drug-likeness (QED) is 0.537. The predicted octanol–water partition coefficient (Wildman–Crippen LogP) is 4.80. The normalized spacial score (nSPS) is 12.0. The van der Waals surface area contributed by atoms with Crippen molar-refractivity contribution < 1.29 is 4.74 Å². The molecule has 0 fully saturated rings. The molecule has 0 radical (unpaired) electrons. The van der Waals surface area contributed by atoms with E-state index in [0.29, 0.717) is 0 Å². The van der Waals surface area contributed by atoms with Crippen molar-refractivity contribution in [3.63, 3.8) is 0 Å². The molecule has 0 aliphatic heterocycles. The lowest BCUT2D eigenvalue weighted by Gasteiger charge is -1.96. The van der Waals surface area contributed by atoms with Crippen LogP contribution in [0.5, 0.6) is 5.75 Å². The maximum Gasteiger partial charge on any atom is 0.194 e. The number of benzene rings is 1. The second-order valence-electron chi connectivity index (χ2n) is 5.30. The maximum atomic E-state index is 5.27. The Balaban J connectivity index is 1.73. The van der Waals surface area contributed by atoms with Crippen LogP contribution in [0.3, 0.4) is 0 Å². The molecule has 0 N–H and O–H groups in total.